The lowest BCUT2D eigenvalue weighted by Crippen LogP contribution is -2.26. The summed E-state index contributed by atoms with van der Waals surface area (Å²) in [5, 5.41) is 7.36. The number of anilines is 2. The number of amides is 1. The molecule has 11 nitrogen and oxygen atoms in total. The third kappa shape index (κ3) is 3.98. The minimum Gasteiger partial charge on any atom is -0.382 e. The summed E-state index contributed by atoms with van der Waals surface area (Å²) in [6.45, 7) is 2.50. The maximum absolute atomic E-state index is 13.5. The molecule has 5 aromatic rings. The van der Waals surface area contributed by atoms with Crippen molar-refractivity contribution in [2.75, 3.05) is 30.9 Å². The third-order valence-corrected chi connectivity index (χ3v) is 7.57. The van der Waals surface area contributed by atoms with Gasteiger partial charge in [-0.3, -0.25) is 14.3 Å². The van der Waals surface area contributed by atoms with Crippen molar-refractivity contribution in [1.29, 1.82) is 0 Å². The summed E-state index contributed by atoms with van der Waals surface area (Å²) in [7, 11) is 0. The summed E-state index contributed by atoms with van der Waals surface area (Å²) in [6.07, 6.45) is 2.38. The van der Waals surface area contributed by atoms with Gasteiger partial charge >= 0.3 is 0 Å². The minimum atomic E-state index is -0.475. The Bertz CT molecular complexity index is 1780. The second kappa shape index (κ2) is 9.78. The Balaban J connectivity index is 1.21. The first-order chi connectivity index (χ1) is 19.6. The van der Waals surface area contributed by atoms with Crippen molar-refractivity contribution in [3.05, 3.63) is 94.3 Å². The predicted molar refractivity (Wildman–Crippen MR) is 149 cm³/mol. The smallest absolute Gasteiger partial charge is 0.284 e. The average molecular weight is 538 g/mol. The van der Waals surface area contributed by atoms with E-state index in [1.807, 2.05) is 63.8 Å². The first-order valence-electron chi connectivity index (χ1n) is 13.2. The average Bonchev–Trinajstić information content (AvgIpc) is 3.70. The number of nitrogens with zero attached hydrogens (tertiary/aromatic N) is 5. The zero-order valence-electron chi connectivity index (χ0n) is 21.6. The lowest BCUT2D eigenvalue weighted by Gasteiger charge is -2.19. The number of ether oxygens (including phenoxy) is 2. The molecule has 3 N–H and O–H groups in total. The van der Waals surface area contributed by atoms with Gasteiger partial charge in [-0.1, -0.05) is 30.3 Å². The van der Waals surface area contributed by atoms with Gasteiger partial charge in [0.15, 0.2) is 5.82 Å². The van der Waals surface area contributed by atoms with Gasteiger partial charge in [0.25, 0.3) is 11.5 Å². The number of hydrogen-bond donors (Lipinski definition) is 2. The molecule has 1 amide bonds. The molecular weight excluding hydrogens is 510 g/mol. The highest BCUT2D eigenvalue weighted by molar-refractivity contribution is 6.05. The molecule has 1 unspecified atom stereocenters. The lowest BCUT2D eigenvalue weighted by atomic mass is 10.0. The molecule has 202 valence electrons. The van der Waals surface area contributed by atoms with Crippen molar-refractivity contribution in [1.82, 2.24) is 24.0 Å². The Morgan fingerprint density at radius 1 is 1.05 bits per heavy atom. The molecule has 2 aromatic carbocycles. The standard InChI is InChI=1S/C29H27N7O4/c30-27-26-22(14-23(19-10-12-39-15-19)35(26)32-17-31-27)18-6-8-20(9-7-18)33-28(37)25-24-16-40-13-11-34(24)36(29(25)38)21-4-2-1-3-5-21/h1-9,14,17,19H,10-13,15-16H2,(H,33,37)(H2,30,31,32). The van der Waals surface area contributed by atoms with Gasteiger partial charge in [0.2, 0.25) is 0 Å². The van der Waals surface area contributed by atoms with Crippen LogP contribution in [0.25, 0.3) is 22.3 Å². The highest BCUT2D eigenvalue weighted by Gasteiger charge is 2.28. The molecule has 0 bridgehead atoms. The fourth-order valence-electron chi connectivity index (χ4n) is 5.64. The molecule has 1 atom stereocenters. The van der Waals surface area contributed by atoms with Crippen LogP contribution in [0.5, 0.6) is 0 Å². The number of nitrogen functional groups attached to an aromatic ring is 1. The Kier molecular flexibility index (Phi) is 5.94. The van der Waals surface area contributed by atoms with Crippen LogP contribution in [0.3, 0.4) is 0 Å². The number of nitrogens with two attached hydrogens (primary N) is 1. The van der Waals surface area contributed by atoms with E-state index >= 15 is 0 Å². The second-order valence-electron chi connectivity index (χ2n) is 9.93. The summed E-state index contributed by atoms with van der Waals surface area (Å²) in [5.74, 6) is 0.145. The number of carbonyl (C=O) groups excluding carboxylic acids is 1. The van der Waals surface area contributed by atoms with Crippen molar-refractivity contribution in [3.8, 4) is 16.8 Å². The highest BCUT2D eigenvalue weighted by Crippen LogP contribution is 2.36. The van der Waals surface area contributed by atoms with Gasteiger partial charge in [0, 0.05) is 29.5 Å². The molecule has 1 saturated heterocycles. The van der Waals surface area contributed by atoms with Crippen LogP contribution in [0.4, 0.5) is 11.5 Å². The first kappa shape index (κ1) is 24.3. The maximum Gasteiger partial charge on any atom is 0.284 e. The van der Waals surface area contributed by atoms with E-state index in [0.29, 0.717) is 42.6 Å². The van der Waals surface area contributed by atoms with Crippen LogP contribution in [-0.2, 0) is 22.6 Å². The van der Waals surface area contributed by atoms with Gasteiger partial charge in [0.05, 0.1) is 37.7 Å². The molecule has 1 fully saturated rings. The predicted octanol–water partition coefficient (Wildman–Crippen LogP) is 3.22. The molecular formula is C29H27N7O4. The molecule has 11 heteroatoms. The van der Waals surface area contributed by atoms with Gasteiger partial charge in [0.1, 0.15) is 17.4 Å². The topological polar surface area (TPSA) is 131 Å². The van der Waals surface area contributed by atoms with Gasteiger partial charge in [-0.05, 0) is 42.3 Å². The van der Waals surface area contributed by atoms with Crippen LogP contribution in [-0.4, -0.2) is 49.7 Å². The molecule has 2 aliphatic heterocycles. The van der Waals surface area contributed by atoms with Crippen molar-refractivity contribution in [2.24, 2.45) is 0 Å². The second-order valence-corrected chi connectivity index (χ2v) is 9.93. The van der Waals surface area contributed by atoms with Crippen LogP contribution >= 0.6 is 0 Å². The molecule has 0 aliphatic carbocycles. The summed E-state index contributed by atoms with van der Waals surface area (Å²) in [5.41, 5.74) is 11.4. The number of benzene rings is 2. The fourth-order valence-corrected chi connectivity index (χ4v) is 5.64. The van der Waals surface area contributed by atoms with Gasteiger partial charge in [-0.2, -0.15) is 5.10 Å². The summed E-state index contributed by atoms with van der Waals surface area (Å²) in [4.78, 5) is 31.1. The summed E-state index contributed by atoms with van der Waals surface area (Å²) < 4.78 is 16.4. The largest absolute Gasteiger partial charge is 0.382 e. The quantitative estimate of drug-likeness (QED) is 0.352. The van der Waals surface area contributed by atoms with Crippen LogP contribution in [0.1, 0.15) is 34.1 Å². The molecule has 3 aromatic heterocycles. The Morgan fingerprint density at radius 2 is 1.88 bits per heavy atom. The van der Waals surface area contributed by atoms with Crippen LogP contribution in [0.2, 0.25) is 0 Å². The first-order valence-corrected chi connectivity index (χ1v) is 13.2. The van der Waals surface area contributed by atoms with Crippen LogP contribution in [0, 0.1) is 0 Å². The number of nitrogens with one attached hydrogen (secondary N) is 1. The number of hydrogen-bond acceptors (Lipinski definition) is 7. The Morgan fingerprint density at radius 3 is 2.65 bits per heavy atom. The minimum absolute atomic E-state index is 0.0828. The van der Waals surface area contributed by atoms with E-state index in [2.05, 4.69) is 21.5 Å². The number of carbonyl (C=O) groups is 1. The van der Waals surface area contributed by atoms with E-state index in [0.717, 1.165) is 35.4 Å². The SMILES string of the molecule is Nc1ncnn2c(C3CCOC3)cc(-c3ccc(NC(=O)c4c5n(n(-c6ccccc6)c4=O)CCOC5)cc3)c12. The number of para-hydroxylation sites is 1. The molecule has 0 radical (unpaired) electrons. The zero-order valence-corrected chi connectivity index (χ0v) is 21.6. The van der Waals surface area contributed by atoms with Gasteiger partial charge in [-0.15, -0.1) is 0 Å². The van der Waals surface area contributed by atoms with E-state index in [4.69, 9.17) is 15.2 Å². The third-order valence-electron chi connectivity index (χ3n) is 7.57. The number of rotatable bonds is 5. The van der Waals surface area contributed by atoms with Gasteiger partial charge < -0.3 is 20.5 Å². The van der Waals surface area contributed by atoms with Crippen molar-refractivity contribution >= 4 is 22.9 Å². The monoisotopic (exact) mass is 537 g/mol. The van der Waals surface area contributed by atoms with E-state index in [1.54, 1.807) is 4.68 Å². The summed E-state index contributed by atoms with van der Waals surface area (Å²) in [6, 6.07) is 18.8. The van der Waals surface area contributed by atoms with E-state index in [9.17, 15) is 9.59 Å². The summed E-state index contributed by atoms with van der Waals surface area (Å²) >= 11 is 0. The van der Waals surface area contributed by atoms with E-state index in [-0.39, 0.29) is 23.6 Å². The fraction of sp³-hybridized carbons (Fsp3) is 0.241. The molecule has 40 heavy (non-hydrogen) atoms. The Labute approximate surface area is 228 Å². The van der Waals surface area contributed by atoms with Crippen LogP contribution < -0.4 is 16.6 Å². The van der Waals surface area contributed by atoms with Crippen LogP contribution in [0.15, 0.2) is 71.8 Å². The number of fused-ring (bicyclic) bond motifs is 2. The highest BCUT2D eigenvalue weighted by atomic mass is 16.5. The van der Waals surface area contributed by atoms with Crippen molar-refractivity contribution < 1.29 is 14.3 Å². The Hall–Kier alpha value is -4.74. The number of aromatic nitrogens is 5. The van der Waals surface area contributed by atoms with Crippen molar-refractivity contribution in [2.45, 2.75) is 25.5 Å². The normalized spacial score (nSPS) is 16.8. The molecule has 0 saturated carbocycles. The van der Waals surface area contributed by atoms with Gasteiger partial charge in [-0.25, -0.2) is 14.2 Å². The molecule has 2 aliphatic rings. The molecule has 0 spiro atoms. The molecule has 7 rings (SSSR count). The van der Waals surface area contributed by atoms with E-state index in [1.165, 1.54) is 6.33 Å². The molecule has 5 heterocycles. The van der Waals surface area contributed by atoms with Crippen molar-refractivity contribution in [3.63, 3.8) is 0 Å². The zero-order chi connectivity index (χ0) is 27.2. The maximum atomic E-state index is 13.5. The lowest BCUT2D eigenvalue weighted by molar-refractivity contribution is 0.0756. The van der Waals surface area contributed by atoms with E-state index < -0.39 is 5.91 Å².